The van der Waals surface area contributed by atoms with Gasteiger partial charge in [-0.1, -0.05) is 139 Å². The number of hydrogen-bond donors (Lipinski definition) is 0. The highest BCUT2D eigenvalue weighted by Gasteiger charge is 2.19. The number of aryl methyl sites for hydroxylation is 4. The van der Waals surface area contributed by atoms with Crippen molar-refractivity contribution in [2.24, 2.45) is 0 Å². The zero-order chi connectivity index (χ0) is 40.7. The van der Waals surface area contributed by atoms with E-state index in [1.807, 2.05) is 0 Å². The highest BCUT2D eigenvalue weighted by molar-refractivity contribution is 6.11. The van der Waals surface area contributed by atoms with Gasteiger partial charge in [-0.25, -0.2) is 9.97 Å². The van der Waals surface area contributed by atoms with Crippen molar-refractivity contribution in [1.29, 1.82) is 0 Å². The van der Waals surface area contributed by atoms with Crippen LogP contribution in [0.2, 0.25) is 0 Å². The van der Waals surface area contributed by atoms with Crippen LogP contribution in [0.4, 0.5) is 17.1 Å². The molecule has 10 aromatic rings. The molecule has 4 heteroatoms. The highest BCUT2D eigenvalue weighted by atomic mass is 15.1. The maximum atomic E-state index is 5.10. The van der Waals surface area contributed by atoms with Gasteiger partial charge in [0.1, 0.15) is 0 Å². The third kappa shape index (κ3) is 6.82. The lowest BCUT2D eigenvalue weighted by atomic mass is 9.95. The van der Waals surface area contributed by atoms with E-state index in [0.29, 0.717) is 0 Å². The Morgan fingerprint density at radius 1 is 0.383 bits per heavy atom. The standard InChI is InChI=1S/C56H44N4/c1-37-19-23-42(24-20-37)51-36-52(58-56(57-51)44-25-21-38(2)22-26-44)43-29-27-41(28-30-43)49-33-40(4)55(34-39(49)3)60-53-18-12-11-17-48(53)50-35-47(31-32-54(50)60)59(45-13-7-5-8-14-45)46-15-9-6-10-16-46/h5-36H,1-4H3. The fraction of sp³-hybridized carbons (Fsp3) is 0.0714. The molecule has 4 nitrogen and oxygen atoms in total. The average molecular weight is 773 g/mol. The lowest BCUT2D eigenvalue weighted by Gasteiger charge is -2.25. The minimum absolute atomic E-state index is 0.722. The van der Waals surface area contributed by atoms with Gasteiger partial charge in [0.25, 0.3) is 0 Å². The van der Waals surface area contributed by atoms with Crippen LogP contribution in [-0.2, 0) is 0 Å². The van der Waals surface area contributed by atoms with E-state index >= 15 is 0 Å². The average Bonchev–Trinajstić information content (AvgIpc) is 3.62. The Balaban J connectivity index is 1.03. The molecule has 0 N–H and O–H groups in total. The number of rotatable bonds is 8. The Kier molecular flexibility index (Phi) is 9.38. The molecule has 2 aromatic heterocycles. The van der Waals surface area contributed by atoms with Crippen LogP contribution in [0.1, 0.15) is 22.3 Å². The van der Waals surface area contributed by atoms with Crippen LogP contribution >= 0.6 is 0 Å². The Hall–Kier alpha value is -7.56. The maximum absolute atomic E-state index is 5.10. The Labute approximate surface area is 351 Å². The summed E-state index contributed by atoms with van der Waals surface area (Å²) in [5.41, 5.74) is 19.1. The van der Waals surface area contributed by atoms with Gasteiger partial charge in [-0.15, -0.1) is 0 Å². The van der Waals surface area contributed by atoms with Gasteiger partial charge in [0.05, 0.1) is 22.4 Å². The van der Waals surface area contributed by atoms with Gasteiger partial charge in [0.15, 0.2) is 5.82 Å². The van der Waals surface area contributed by atoms with Crippen molar-refractivity contribution < 1.29 is 0 Å². The van der Waals surface area contributed by atoms with Crippen LogP contribution in [-0.4, -0.2) is 14.5 Å². The smallest absolute Gasteiger partial charge is 0.160 e. The molecule has 0 fully saturated rings. The van der Waals surface area contributed by atoms with Crippen molar-refractivity contribution >= 4 is 38.9 Å². The fourth-order valence-corrected chi connectivity index (χ4v) is 8.43. The summed E-state index contributed by atoms with van der Waals surface area (Å²) in [5.74, 6) is 0.722. The van der Waals surface area contributed by atoms with Crippen LogP contribution in [0.25, 0.3) is 72.5 Å². The molecule has 0 aliphatic heterocycles. The summed E-state index contributed by atoms with van der Waals surface area (Å²) in [6.07, 6.45) is 0. The number of hydrogen-bond acceptors (Lipinski definition) is 3. The highest BCUT2D eigenvalue weighted by Crippen LogP contribution is 2.41. The summed E-state index contributed by atoms with van der Waals surface area (Å²) in [6, 6.07) is 69.5. The van der Waals surface area contributed by atoms with Gasteiger partial charge in [-0.2, -0.15) is 0 Å². The van der Waals surface area contributed by atoms with Gasteiger partial charge in [-0.3, -0.25) is 0 Å². The Morgan fingerprint density at radius 3 is 1.52 bits per heavy atom. The van der Waals surface area contributed by atoms with Crippen LogP contribution < -0.4 is 4.90 Å². The third-order valence-electron chi connectivity index (χ3n) is 11.6. The number of nitrogens with zero attached hydrogens (tertiary/aromatic N) is 4. The SMILES string of the molecule is Cc1ccc(-c2cc(-c3ccc(-c4cc(C)c(-n5c6ccccc6c6cc(N(c7ccccc7)c7ccccc7)ccc65)cc4C)cc3)nc(-c3ccc(C)cc3)n2)cc1. The summed E-state index contributed by atoms with van der Waals surface area (Å²) >= 11 is 0. The zero-order valence-corrected chi connectivity index (χ0v) is 34.3. The first-order valence-electron chi connectivity index (χ1n) is 20.6. The van der Waals surface area contributed by atoms with Gasteiger partial charge in [0.2, 0.25) is 0 Å². The van der Waals surface area contributed by atoms with Crippen LogP contribution in [0.15, 0.2) is 194 Å². The van der Waals surface area contributed by atoms with E-state index in [2.05, 4.69) is 231 Å². The molecular weight excluding hydrogens is 729 g/mol. The molecule has 0 spiro atoms. The van der Waals surface area contributed by atoms with E-state index < -0.39 is 0 Å². The van der Waals surface area contributed by atoms with Crippen molar-refractivity contribution in [2.45, 2.75) is 27.7 Å². The number of benzene rings is 8. The monoisotopic (exact) mass is 772 g/mol. The first-order chi connectivity index (χ1) is 29.4. The summed E-state index contributed by atoms with van der Waals surface area (Å²) in [6.45, 7) is 8.66. The Bertz CT molecular complexity index is 3040. The van der Waals surface area contributed by atoms with Crippen LogP contribution in [0, 0.1) is 27.7 Å². The molecule has 0 unspecified atom stereocenters. The van der Waals surface area contributed by atoms with Crippen molar-refractivity contribution in [3.63, 3.8) is 0 Å². The topological polar surface area (TPSA) is 34.0 Å². The summed E-state index contributed by atoms with van der Waals surface area (Å²) in [7, 11) is 0. The first kappa shape index (κ1) is 36.8. The predicted octanol–water partition coefficient (Wildman–Crippen LogP) is 14.9. The van der Waals surface area contributed by atoms with Gasteiger partial charge >= 0.3 is 0 Å². The Morgan fingerprint density at radius 2 is 0.900 bits per heavy atom. The normalized spacial score (nSPS) is 11.3. The molecule has 0 saturated heterocycles. The van der Waals surface area contributed by atoms with Crippen LogP contribution in [0.3, 0.4) is 0 Å². The zero-order valence-electron chi connectivity index (χ0n) is 34.3. The molecule has 0 radical (unpaired) electrons. The minimum Gasteiger partial charge on any atom is -0.310 e. The third-order valence-corrected chi connectivity index (χ3v) is 11.6. The molecular formula is C56H44N4. The molecule has 60 heavy (non-hydrogen) atoms. The largest absolute Gasteiger partial charge is 0.310 e. The number of fused-ring (bicyclic) bond motifs is 3. The van der Waals surface area contributed by atoms with E-state index in [-0.39, 0.29) is 0 Å². The van der Waals surface area contributed by atoms with E-state index in [1.54, 1.807) is 0 Å². The van der Waals surface area contributed by atoms with Gasteiger partial charge in [0, 0.05) is 50.2 Å². The summed E-state index contributed by atoms with van der Waals surface area (Å²) < 4.78 is 2.44. The van der Waals surface area contributed by atoms with Crippen molar-refractivity contribution in [1.82, 2.24) is 14.5 Å². The molecule has 8 aromatic carbocycles. The molecule has 0 amide bonds. The molecule has 2 heterocycles. The minimum atomic E-state index is 0.722. The maximum Gasteiger partial charge on any atom is 0.160 e. The second kappa shape index (κ2) is 15.3. The molecule has 288 valence electrons. The molecule has 0 bridgehead atoms. The van der Waals surface area contributed by atoms with Crippen molar-refractivity contribution in [3.8, 4) is 50.7 Å². The molecule has 0 aliphatic carbocycles. The van der Waals surface area contributed by atoms with E-state index in [4.69, 9.17) is 9.97 Å². The quantitative estimate of drug-likeness (QED) is 0.154. The van der Waals surface area contributed by atoms with E-state index in [0.717, 1.165) is 51.0 Å². The summed E-state index contributed by atoms with van der Waals surface area (Å²) in [5, 5.41) is 2.45. The second-order valence-electron chi connectivity index (χ2n) is 15.8. The first-order valence-corrected chi connectivity index (χ1v) is 20.6. The molecule has 0 aliphatic rings. The lowest BCUT2D eigenvalue weighted by molar-refractivity contribution is 1.14. The molecule has 0 atom stereocenters. The number of para-hydroxylation sites is 3. The van der Waals surface area contributed by atoms with Crippen molar-refractivity contribution in [3.05, 3.63) is 216 Å². The van der Waals surface area contributed by atoms with Crippen molar-refractivity contribution in [2.75, 3.05) is 4.90 Å². The lowest BCUT2D eigenvalue weighted by Crippen LogP contribution is -2.09. The van der Waals surface area contributed by atoms with Crippen LogP contribution in [0.5, 0.6) is 0 Å². The van der Waals surface area contributed by atoms with Gasteiger partial charge < -0.3 is 9.47 Å². The fourth-order valence-electron chi connectivity index (χ4n) is 8.43. The van der Waals surface area contributed by atoms with E-state index in [9.17, 15) is 0 Å². The second-order valence-corrected chi connectivity index (χ2v) is 15.8. The number of aromatic nitrogens is 3. The predicted molar refractivity (Wildman–Crippen MR) is 252 cm³/mol. The molecule has 10 rings (SSSR count). The van der Waals surface area contributed by atoms with Gasteiger partial charge in [-0.05, 0) is 117 Å². The summed E-state index contributed by atoms with van der Waals surface area (Å²) in [4.78, 5) is 12.5. The molecule has 0 saturated carbocycles. The number of anilines is 3. The van der Waals surface area contributed by atoms with E-state index in [1.165, 1.54) is 60.9 Å².